The van der Waals surface area contributed by atoms with Gasteiger partial charge in [-0.3, -0.25) is 4.84 Å². The molecule has 0 amide bonds. The van der Waals surface area contributed by atoms with E-state index in [9.17, 15) is 0 Å². The Kier molecular flexibility index (Phi) is 4.58. The minimum atomic E-state index is 0.458. The maximum atomic E-state index is 5.02. The van der Waals surface area contributed by atoms with Crippen LogP contribution in [0, 0.1) is 0 Å². The molecule has 14 heavy (non-hydrogen) atoms. The molecule has 1 aromatic rings. The highest BCUT2D eigenvalue weighted by atomic mass is 79.9. The van der Waals surface area contributed by atoms with E-state index >= 15 is 0 Å². The molecule has 0 saturated carbocycles. The van der Waals surface area contributed by atoms with Crippen LogP contribution < -0.4 is 5.90 Å². The first-order valence-electron chi connectivity index (χ1n) is 4.79. The summed E-state index contributed by atoms with van der Waals surface area (Å²) in [6, 6.07) is 6.25. The molecule has 0 saturated heterocycles. The third-order valence-corrected chi connectivity index (χ3v) is 3.14. The van der Waals surface area contributed by atoms with Gasteiger partial charge < -0.3 is 0 Å². The Hall–Kier alpha value is -0.380. The Labute approximate surface area is 93.5 Å². The topological polar surface area (TPSA) is 35.2 Å². The lowest BCUT2D eigenvalue weighted by molar-refractivity contribution is 0.124. The zero-order valence-corrected chi connectivity index (χ0v) is 10.2. The van der Waals surface area contributed by atoms with Crippen LogP contribution in [0.1, 0.15) is 37.3 Å². The van der Waals surface area contributed by atoms with Crippen LogP contribution in [0.25, 0.3) is 0 Å². The normalized spacial score (nSPS) is 12.9. The largest absolute Gasteiger partial charge is 0.300 e. The van der Waals surface area contributed by atoms with Gasteiger partial charge in [0.1, 0.15) is 0 Å². The molecule has 1 aromatic carbocycles. The molecule has 0 spiro atoms. The average molecular weight is 258 g/mol. The first kappa shape index (κ1) is 11.7. The molecule has 1 unspecified atom stereocenters. The second-order valence-electron chi connectivity index (χ2n) is 3.48. The molecule has 1 rings (SSSR count). The summed E-state index contributed by atoms with van der Waals surface area (Å²) in [7, 11) is 0. The maximum absolute atomic E-state index is 5.02. The van der Waals surface area contributed by atoms with E-state index in [1.54, 1.807) is 0 Å². The van der Waals surface area contributed by atoms with E-state index in [2.05, 4.69) is 52.8 Å². The molecule has 78 valence electrons. The highest BCUT2D eigenvalue weighted by Crippen LogP contribution is 2.27. The first-order chi connectivity index (χ1) is 6.69. The molecule has 0 radical (unpaired) electrons. The highest BCUT2D eigenvalue weighted by molar-refractivity contribution is 9.10. The number of hydrogen-bond acceptors (Lipinski definition) is 2. The van der Waals surface area contributed by atoms with E-state index in [0.717, 1.165) is 16.5 Å². The van der Waals surface area contributed by atoms with Gasteiger partial charge in [0.05, 0.1) is 6.61 Å². The number of halogens is 1. The lowest BCUT2D eigenvalue weighted by Gasteiger charge is -2.12. The van der Waals surface area contributed by atoms with Gasteiger partial charge in [-0.05, 0) is 29.5 Å². The van der Waals surface area contributed by atoms with E-state index in [1.165, 1.54) is 5.56 Å². The van der Waals surface area contributed by atoms with Crippen molar-refractivity contribution in [1.29, 1.82) is 0 Å². The zero-order valence-electron chi connectivity index (χ0n) is 8.59. The van der Waals surface area contributed by atoms with Gasteiger partial charge in [-0.15, -0.1) is 0 Å². The highest BCUT2D eigenvalue weighted by Gasteiger charge is 2.07. The lowest BCUT2D eigenvalue weighted by Crippen LogP contribution is -2.00. The van der Waals surface area contributed by atoms with Gasteiger partial charge in [0.2, 0.25) is 0 Å². The molecule has 2 N–H and O–H groups in total. The molecule has 0 heterocycles. The van der Waals surface area contributed by atoms with Gasteiger partial charge in [-0.25, -0.2) is 5.90 Å². The third-order valence-electron chi connectivity index (χ3n) is 2.46. The zero-order chi connectivity index (χ0) is 10.6. The van der Waals surface area contributed by atoms with Crippen molar-refractivity contribution in [3.63, 3.8) is 0 Å². The third kappa shape index (κ3) is 2.80. The van der Waals surface area contributed by atoms with E-state index in [1.807, 2.05) is 0 Å². The maximum Gasteiger partial charge on any atom is 0.0930 e. The number of hydrogen-bond donors (Lipinski definition) is 1. The predicted octanol–water partition coefficient (Wildman–Crippen LogP) is 3.35. The molecule has 0 fully saturated rings. The van der Waals surface area contributed by atoms with Crippen molar-refractivity contribution < 1.29 is 4.84 Å². The summed E-state index contributed by atoms with van der Waals surface area (Å²) in [6.07, 6.45) is 1.14. The van der Waals surface area contributed by atoms with Crippen molar-refractivity contribution in [2.45, 2.75) is 32.8 Å². The summed E-state index contributed by atoms with van der Waals surface area (Å²) < 4.78 is 1.14. The van der Waals surface area contributed by atoms with Crippen LogP contribution in [-0.2, 0) is 11.4 Å². The Morgan fingerprint density at radius 1 is 1.50 bits per heavy atom. The summed E-state index contributed by atoms with van der Waals surface area (Å²) in [5, 5.41) is 0. The minimum absolute atomic E-state index is 0.458. The van der Waals surface area contributed by atoms with Crippen LogP contribution in [0.15, 0.2) is 22.7 Å². The van der Waals surface area contributed by atoms with Crippen molar-refractivity contribution in [2.24, 2.45) is 5.90 Å². The molecule has 0 aliphatic carbocycles. The van der Waals surface area contributed by atoms with Gasteiger partial charge >= 0.3 is 0 Å². The molecule has 0 aliphatic rings. The summed E-state index contributed by atoms with van der Waals surface area (Å²) >= 11 is 3.56. The molecular weight excluding hydrogens is 242 g/mol. The fourth-order valence-electron chi connectivity index (χ4n) is 1.38. The molecule has 2 nitrogen and oxygen atoms in total. The predicted molar refractivity (Wildman–Crippen MR) is 61.8 cm³/mol. The van der Waals surface area contributed by atoms with E-state index in [-0.39, 0.29) is 0 Å². The fourth-order valence-corrected chi connectivity index (χ4v) is 2.19. The van der Waals surface area contributed by atoms with Gasteiger partial charge in [0, 0.05) is 4.47 Å². The minimum Gasteiger partial charge on any atom is -0.300 e. The van der Waals surface area contributed by atoms with Crippen molar-refractivity contribution in [1.82, 2.24) is 0 Å². The standard InChI is InChI=1S/C11H16BrNO/c1-3-8(2)10-5-4-9(7-14-13)6-11(10)12/h4-6,8H,3,7,13H2,1-2H3. The number of benzene rings is 1. The monoisotopic (exact) mass is 257 g/mol. The van der Waals surface area contributed by atoms with Crippen molar-refractivity contribution >= 4 is 15.9 Å². The first-order valence-corrected chi connectivity index (χ1v) is 5.58. The van der Waals surface area contributed by atoms with Crippen LogP contribution >= 0.6 is 15.9 Å². The molecular formula is C11H16BrNO. The van der Waals surface area contributed by atoms with Crippen molar-refractivity contribution in [3.8, 4) is 0 Å². The molecule has 3 heteroatoms. The lowest BCUT2D eigenvalue weighted by atomic mass is 9.98. The second kappa shape index (κ2) is 5.49. The Balaban J connectivity index is 2.89. The smallest absolute Gasteiger partial charge is 0.0930 e. The van der Waals surface area contributed by atoms with E-state index in [4.69, 9.17) is 5.90 Å². The quantitative estimate of drug-likeness (QED) is 0.840. The Bertz CT molecular complexity index is 301. The molecule has 0 aliphatic heterocycles. The summed E-state index contributed by atoms with van der Waals surface area (Å²) in [6.45, 7) is 4.87. The van der Waals surface area contributed by atoms with E-state index in [0.29, 0.717) is 12.5 Å². The SMILES string of the molecule is CCC(C)c1ccc(CON)cc1Br. The van der Waals surface area contributed by atoms with Gasteiger partial charge in [0.25, 0.3) is 0 Å². The summed E-state index contributed by atoms with van der Waals surface area (Å²) in [4.78, 5) is 4.59. The Morgan fingerprint density at radius 3 is 2.71 bits per heavy atom. The van der Waals surface area contributed by atoms with Gasteiger partial charge in [0.15, 0.2) is 0 Å². The molecule has 1 atom stereocenters. The fraction of sp³-hybridized carbons (Fsp3) is 0.455. The van der Waals surface area contributed by atoms with Crippen molar-refractivity contribution in [2.75, 3.05) is 0 Å². The molecule has 0 aromatic heterocycles. The Morgan fingerprint density at radius 2 is 2.21 bits per heavy atom. The summed E-state index contributed by atoms with van der Waals surface area (Å²) in [5.74, 6) is 5.60. The van der Waals surface area contributed by atoms with Crippen LogP contribution in [-0.4, -0.2) is 0 Å². The van der Waals surface area contributed by atoms with Gasteiger partial charge in [-0.2, -0.15) is 0 Å². The van der Waals surface area contributed by atoms with Gasteiger partial charge in [-0.1, -0.05) is 41.9 Å². The van der Waals surface area contributed by atoms with Crippen LogP contribution in [0.4, 0.5) is 0 Å². The number of rotatable bonds is 4. The average Bonchev–Trinajstić information content (AvgIpc) is 2.17. The van der Waals surface area contributed by atoms with E-state index < -0.39 is 0 Å². The van der Waals surface area contributed by atoms with Crippen LogP contribution in [0.2, 0.25) is 0 Å². The van der Waals surface area contributed by atoms with Crippen LogP contribution in [0.3, 0.4) is 0 Å². The molecule has 0 bridgehead atoms. The van der Waals surface area contributed by atoms with Crippen molar-refractivity contribution in [3.05, 3.63) is 33.8 Å². The summed E-state index contributed by atoms with van der Waals surface area (Å²) in [5.41, 5.74) is 2.43. The second-order valence-corrected chi connectivity index (χ2v) is 4.33. The van der Waals surface area contributed by atoms with Crippen LogP contribution in [0.5, 0.6) is 0 Å². The number of nitrogens with two attached hydrogens (primary N) is 1.